The molecule has 4 atom stereocenters. The molecule has 7 rings (SSSR count). The number of Topliss-reactive ketones (excluding diaryl/α,β-unsaturated/α-hetero) is 2. The van der Waals surface area contributed by atoms with Gasteiger partial charge in [-0.3, -0.25) is 14.4 Å². The number of para-hydroxylation sites is 2. The van der Waals surface area contributed by atoms with E-state index in [9.17, 15) is 14.4 Å². The van der Waals surface area contributed by atoms with Crippen molar-refractivity contribution >= 4 is 34.9 Å². The molecule has 8 nitrogen and oxygen atoms in total. The van der Waals surface area contributed by atoms with Crippen molar-refractivity contribution in [2.24, 2.45) is 5.92 Å². The van der Waals surface area contributed by atoms with Gasteiger partial charge in [0.15, 0.2) is 23.1 Å². The third-order valence-electron chi connectivity index (χ3n) is 9.14. The fraction of sp³-hybridized carbons (Fsp3) is 0.194. The number of methoxy groups -OCH3 is 3. The molecular formula is C36H30N2O6. The van der Waals surface area contributed by atoms with Crippen LogP contribution in [0.15, 0.2) is 97.1 Å². The van der Waals surface area contributed by atoms with E-state index in [4.69, 9.17) is 14.2 Å². The molecule has 3 heterocycles. The van der Waals surface area contributed by atoms with Crippen LogP contribution < -0.4 is 24.4 Å². The molecule has 0 radical (unpaired) electrons. The largest absolute Gasteiger partial charge is 0.497 e. The molecule has 4 aromatic carbocycles. The highest BCUT2D eigenvalue weighted by Crippen LogP contribution is 2.58. The second-order valence-electron chi connectivity index (χ2n) is 11.1. The second kappa shape index (κ2) is 10.4. The molecule has 1 N–H and O–H groups in total. The lowest BCUT2D eigenvalue weighted by Crippen LogP contribution is -2.51. The number of ether oxygens (including phenoxy) is 3. The van der Waals surface area contributed by atoms with E-state index < -0.39 is 23.4 Å². The standard InChI is InChI=1S/C36H30N2O6/c1-42-24-16-12-22(13-17-24)33(39)31-32(34(40)23-14-18-28(43-2)29(20-23)44-3)38-27-11-7-4-8-21(27)15-19-30(38)36(31)25-9-5-6-10-26(25)37-35(36)41/h4-20,30-32H,1-3H3,(H,37,41)/t30-,31-,32+,36+/m0/s1. The van der Waals surface area contributed by atoms with Gasteiger partial charge in [0.2, 0.25) is 5.91 Å². The number of carbonyl (C=O) groups is 3. The molecule has 0 saturated carbocycles. The van der Waals surface area contributed by atoms with Gasteiger partial charge in [-0.25, -0.2) is 0 Å². The van der Waals surface area contributed by atoms with E-state index in [1.807, 2.05) is 65.6 Å². The molecule has 220 valence electrons. The molecule has 3 aliphatic rings. The summed E-state index contributed by atoms with van der Waals surface area (Å²) in [4.78, 5) is 46.3. The zero-order valence-corrected chi connectivity index (χ0v) is 24.4. The molecule has 1 amide bonds. The molecule has 0 unspecified atom stereocenters. The van der Waals surface area contributed by atoms with Crippen molar-refractivity contribution in [1.29, 1.82) is 0 Å². The van der Waals surface area contributed by atoms with E-state index in [0.717, 1.165) is 11.3 Å². The highest BCUT2D eigenvalue weighted by atomic mass is 16.5. The van der Waals surface area contributed by atoms with Crippen molar-refractivity contribution in [3.05, 3.63) is 119 Å². The summed E-state index contributed by atoms with van der Waals surface area (Å²) in [6, 6.07) is 25.3. The molecule has 0 aliphatic carbocycles. The zero-order chi connectivity index (χ0) is 30.6. The van der Waals surface area contributed by atoms with Gasteiger partial charge in [-0.15, -0.1) is 0 Å². The molecule has 4 aromatic rings. The number of nitrogens with zero attached hydrogens (tertiary/aromatic N) is 1. The maximum absolute atomic E-state index is 14.9. The topological polar surface area (TPSA) is 94.2 Å². The third kappa shape index (κ3) is 3.80. The summed E-state index contributed by atoms with van der Waals surface area (Å²) in [6.45, 7) is 0. The number of anilines is 2. The average molecular weight is 587 g/mol. The van der Waals surface area contributed by atoms with E-state index in [2.05, 4.69) is 5.32 Å². The molecule has 0 bridgehead atoms. The Morgan fingerprint density at radius 2 is 1.48 bits per heavy atom. The fourth-order valence-electron chi connectivity index (χ4n) is 7.21. The summed E-state index contributed by atoms with van der Waals surface area (Å²) in [7, 11) is 4.59. The van der Waals surface area contributed by atoms with Crippen LogP contribution in [0.5, 0.6) is 17.2 Å². The lowest BCUT2D eigenvalue weighted by atomic mass is 9.64. The Balaban J connectivity index is 1.51. The Morgan fingerprint density at radius 1 is 0.773 bits per heavy atom. The van der Waals surface area contributed by atoms with Gasteiger partial charge >= 0.3 is 0 Å². The number of fused-ring (bicyclic) bond motifs is 6. The van der Waals surface area contributed by atoms with E-state index >= 15 is 0 Å². The van der Waals surface area contributed by atoms with Gasteiger partial charge in [0, 0.05) is 22.5 Å². The minimum atomic E-state index is -1.39. The Labute approximate surface area is 254 Å². The fourth-order valence-corrected chi connectivity index (χ4v) is 7.21. The van der Waals surface area contributed by atoms with Crippen LogP contribution in [0, 0.1) is 5.92 Å². The number of hydrogen-bond acceptors (Lipinski definition) is 7. The maximum Gasteiger partial charge on any atom is 0.238 e. The lowest BCUT2D eigenvalue weighted by molar-refractivity contribution is -0.121. The van der Waals surface area contributed by atoms with Crippen LogP contribution in [-0.4, -0.2) is 50.9 Å². The number of rotatable bonds is 7. The Hall–Kier alpha value is -5.37. The van der Waals surface area contributed by atoms with Crippen LogP contribution in [0.2, 0.25) is 0 Å². The van der Waals surface area contributed by atoms with Crippen LogP contribution in [0.3, 0.4) is 0 Å². The highest BCUT2D eigenvalue weighted by Gasteiger charge is 2.70. The van der Waals surface area contributed by atoms with Gasteiger partial charge in [0.25, 0.3) is 0 Å². The number of amides is 1. The first kappa shape index (κ1) is 27.5. The Bertz CT molecular complexity index is 1850. The van der Waals surface area contributed by atoms with E-state index in [1.165, 1.54) is 14.2 Å². The van der Waals surface area contributed by atoms with Gasteiger partial charge in [-0.2, -0.15) is 0 Å². The molecule has 3 aliphatic heterocycles. The van der Waals surface area contributed by atoms with Crippen LogP contribution in [-0.2, 0) is 10.2 Å². The van der Waals surface area contributed by atoms with Gasteiger partial charge in [-0.1, -0.05) is 48.6 Å². The van der Waals surface area contributed by atoms with Crippen molar-refractivity contribution in [3.63, 3.8) is 0 Å². The number of nitrogens with one attached hydrogen (secondary N) is 1. The smallest absolute Gasteiger partial charge is 0.238 e. The highest BCUT2D eigenvalue weighted by molar-refractivity contribution is 6.18. The van der Waals surface area contributed by atoms with Gasteiger partial charge in [-0.05, 0) is 65.7 Å². The van der Waals surface area contributed by atoms with Gasteiger partial charge in [0.05, 0.1) is 33.3 Å². The number of ketones is 2. The van der Waals surface area contributed by atoms with Crippen LogP contribution in [0.25, 0.3) is 6.08 Å². The molecule has 44 heavy (non-hydrogen) atoms. The summed E-state index contributed by atoms with van der Waals surface area (Å²) in [5.41, 5.74) is 2.34. The zero-order valence-electron chi connectivity index (χ0n) is 24.4. The summed E-state index contributed by atoms with van der Waals surface area (Å²) < 4.78 is 16.3. The van der Waals surface area contributed by atoms with Crippen molar-refractivity contribution in [1.82, 2.24) is 0 Å². The normalized spacial score (nSPS) is 22.6. The first-order chi connectivity index (χ1) is 21.4. The summed E-state index contributed by atoms with van der Waals surface area (Å²) in [5, 5.41) is 3.05. The molecule has 8 heteroatoms. The number of hydrogen-bond donors (Lipinski definition) is 1. The van der Waals surface area contributed by atoms with Crippen molar-refractivity contribution in [2.75, 3.05) is 31.5 Å². The number of benzene rings is 4. The van der Waals surface area contributed by atoms with Gasteiger partial charge < -0.3 is 24.4 Å². The van der Waals surface area contributed by atoms with Crippen LogP contribution >= 0.6 is 0 Å². The molecule has 1 spiro atoms. The summed E-state index contributed by atoms with van der Waals surface area (Å²) in [6.07, 6.45) is 3.94. The summed E-state index contributed by atoms with van der Waals surface area (Å²) >= 11 is 0. The predicted octanol–water partition coefficient (Wildman–Crippen LogP) is 5.57. The maximum atomic E-state index is 14.9. The van der Waals surface area contributed by atoms with Crippen molar-refractivity contribution < 1.29 is 28.6 Å². The van der Waals surface area contributed by atoms with Crippen LogP contribution in [0.1, 0.15) is 31.8 Å². The molecular weight excluding hydrogens is 556 g/mol. The Kier molecular flexibility index (Phi) is 6.50. The first-order valence-corrected chi connectivity index (χ1v) is 14.3. The molecule has 0 aromatic heterocycles. The van der Waals surface area contributed by atoms with E-state index in [1.54, 1.807) is 49.6 Å². The second-order valence-corrected chi connectivity index (χ2v) is 11.1. The van der Waals surface area contributed by atoms with Gasteiger partial charge in [0.1, 0.15) is 17.2 Å². The quantitative estimate of drug-likeness (QED) is 0.283. The predicted molar refractivity (Wildman–Crippen MR) is 167 cm³/mol. The first-order valence-electron chi connectivity index (χ1n) is 14.3. The van der Waals surface area contributed by atoms with Crippen LogP contribution in [0.4, 0.5) is 11.4 Å². The van der Waals surface area contributed by atoms with E-state index in [-0.39, 0.29) is 17.5 Å². The van der Waals surface area contributed by atoms with Crippen molar-refractivity contribution in [2.45, 2.75) is 17.5 Å². The molecule has 1 saturated heterocycles. The lowest BCUT2D eigenvalue weighted by Gasteiger charge is -2.37. The Morgan fingerprint density at radius 3 is 2.23 bits per heavy atom. The molecule has 1 fully saturated rings. The van der Waals surface area contributed by atoms with E-state index in [0.29, 0.717) is 39.6 Å². The van der Waals surface area contributed by atoms with Crippen molar-refractivity contribution in [3.8, 4) is 17.2 Å². The SMILES string of the molecule is COc1ccc(C(=O)[C@@H]2[C@H](C(=O)c3ccc(OC)c(OC)c3)N3c4ccccc4C=C[C@H]3[C@@]23C(=O)Nc2ccccc23)cc1. The minimum absolute atomic E-state index is 0.304. The minimum Gasteiger partial charge on any atom is -0.497 e. The third-order valence-corrected chi connectivity index (χ3v) is 9.14. The summed E-state index contributed by atoms with van der Waals surface area (Å²) in [5.74, 6) is -0.540. The average Bonchev–Trinajstić information content (AvgIpc) is 3.55. The monoisotopic (exact) mass is 586 g/mol. The number of carbonyl (C=O) groups excluding carboxylic acids is 3.